The molecule has 0 fully saturated rings. The Morgan fingerprint density at radius 1 is 1.09 bits per heavy atom. The molecule has 164 valence electrons. The third-order valence-corrected chi connectivity index (χ3v) is 5.38. The number of benzene rings is 2. The normalized spacial score (nSPS) is 11.5. The van der Waals surface area contributed by atoms with Gasteiger partial charge in [0.1, 0.15) is 11.3 Å². The number of amides is 1. The molecule has 0 atom stereocenters. The molecule has 0 aliphatic rings. The van der Waals surface area contributed by atoms with Crippen molar-refractivity contribution >= 4 is 32.6 Å². The van der Waals surface area contributed by atoms with Crippen LogP contribution in [0.3, 0.4) is 0 Å². The summed E-state index contributed by atoms with van der Waals surface area (Å²) in [6.07, 6.45) is -2.84. The highest BCUT2D eigenvalue weighted by molar-refractivity contribution is 7.22. The average Bonchev–Trinajstić information content (AvgIpc) is 3.15. The van der Waals surface area contributed by atoms with E-state index in [1.165, 1.54) is 28.8 Å². The van der Waals surface area contributed by atoms with Crippen molar-refractivity contribution in [3.8, 4) is 5.75 Å². The van der Waals surface area contributed by atoms with Gasteiger partial charge in [-0.05, 0) is 35.9 Å². The van der Waals surface area contributed by atoms with Gasteiger partial charge in [0.2, 0.25) is 0 Å². The number of rotatable bonds is 6. The predicted molar refractivity (Wildman–Crippen MR) is 115 cm³/mol. The third kappa shape index (κ3) is 5.14. The zero-order valence-electron chi connectivity index (χ0n) is 16.4. The minimum Gasteiger partial charge on any atom is -0.484 e. The highest BCUT2D eigenvalue weighted by Gasteiger charge is 2.28. The zero-order chi connectivity index (χ0) is 22.7. The summed E-state index contributed by atoms with van der Waals surface area (Å²) in [5.41, 5.74) is 0.913. The van der Waals surface area contributed by atoms with E-state index >= 15 is 0 Å². The third-order valence-electron chi connectivity index (χ3n) is 4.44. The molecule has 2 heterocycles. The number of anilines is 1. The standard InChI is InChI=1S/C22H16F3N3O3S/c23-22(24,25)13-31-15-8-9-17-18(11-15)32-21(26-17)27-19(29)16-7-4-10-28(20(16)30)12-14-5-2-1-3-6-14/h1-11H,12-13H2,(H,26,27,29). The van der Waals surface area contributed by atoms with Crippen molar-refractivity contribution in [2.24, 2.45) is 0 Å². The van der Waals surface area contributed by atoms with Crippen molar-refractivity contribution in [1.29, 1.82) is 0 Å². The summed E-state index contributed by atoms with van der Waals surface area (Å²) in [6, 6.07) is 16.7. The van der Waals surface area contributed by atoms with Crippen molar-refractivity contribution in [2.45, 2.75) is 12.7 Å². The van der Waals surface area contributed by atoms with Crippen LogP contribution in [0.4, 0.5) is 18.3 Å². The van der Waals surface area contributed by atoms with E-state index in [1.54, 1.807) is 12.3 Å². The quantitative estimate of drug-likeness (QED) is 0.454. The van der Waals surface area contributed by atoms with Gasteiger partial charge in [-0.25, -0.2) is 4.98 Å². The van der Waals surface area contributed by atoms with E-state index in [0.29, 0.717) is 16.8 Å². The number of hydrogen-bond acceptors (Lipinski definition) is 5. The van der Waals surface area contributed by atoms with Crippen molar-refractivity contribution in [3.05, 3.63) is 88.3 Å². The van der Waals surface area contributed by atoms with Gasteiger partial charge in [0.15, 0.2) is 11.7 Å². The summed E-state index contributed by atoms with van der Waals surface area (Å²) < 4.78 is 43.7. The highest BCUT2D eigenvalue weighted by atomic mass is 32.1. The minimum absolute atomic E-state index is 0.0445. The van der Waals surface area contributed by atoms with Gasteiger partial charge in [-0.15, -0.1) is 0 Å². The van der Waals surface area contributed by atoms with Gasteiger partial charge in [-0.1, -0.05) is 41.7 Å². The van der Waals surface area contributed by atoms with E-state index in [9.17, 15) is 22.8 Å². The van der Waals surface area contributed by atoms with Gasteiger partial charge < -0.3 is 9.30 Å². The predicted octanol–water partition coefficient (Wildman–Crippen LogP) is 4.70. The number of aromatic nitrogens is 2. The maximum atomic E-state index is 12.8. The Kier molecular flexibility index (Phi) is 5.95. The van der Waals surface area contributed by atoms with Crippen LogP contribution in [0.15, 0.2) is 71.7 Å². The second kappa shape index (κ2) is 8.83. The molecule has 10 heteroatoms. The number of ether oxygens (including phenoxy) is 1. The molecule has 2 aromatic heterocycles. The lowest BCUT2D eigenvalue weighted by atomic mass is 10.2. The van der Waals surface area contributed by atoms with E-state index < -0.39 is 24.2 Å². The van der Waals surface area contributed by atoms with Crippen LogP contribution in [-0.4, -0.2) is 28.2 Å². The van der Waals surface area contributed by atoms with Crippen LogP contribution in [0, 0.1) is 0 Å². The number of fused-ring (bicyclic) bond motifs is 1. The number of thiazole rings is 1. The van der Waals surface area contributed by atoms with E-state index in [2.05, 4.69) is 10.3 Å². The number of carbonyl (C=O) groups is 1. The lowest BCUT2D eigenvalue weighted by Gasteiger charge is -2.08. The first-order chi connectivity index (χ1) is 15.3. The van der Waals surface area contributed by atoms with E-state index in [1.807, 2.05) is 30.3 Å². The lowest BCUT2D eigenvalue weighted by molar-refractivity contribution is -0.153. The van der Waals surface area contributed by atoms with E-state index in [4.69, 9.17) is 4.74 Å². The summed E-state index contributed by atoms with van der Waals surface area (Å²) in [5, 5.41) is 2.81. The van der Waals surface area contributed by atoms with E-state index in [-0.39, 0.29) is 16.4 Å². The van der Waals surface area contributed by atoms with Crippen molar-refractivity contribution in [3.63, 3.8) is 0 Å². The number of nitrogens with zero attached hydrogens (tertiary/aromatic N) is 2. The summed E-state index contributed by atoms with van der Waals surface area (Å²) in [5.74, 6) is -0.576. The maximum absolute atomic E-state index is 12.8. The van der Waals surface area contributed by atoms with Gasteiger partial charge >= 0.3 is 6.18 Å². The summed E-state index contributed by atoms with van der Waals surface area (Å²) >= 11 is 1.07. The topological polar surface area (TPSA) is 73.2 Å². The number of hydrogen-bond donors (Lipinski definition) is 1. The fourth-order valence-corrected chi connectivity index (χ4v) is 3.88. The second-order valence-corrected chi connectivity index (χ2v) is 7.88. The van der Waals surface area contributed by atoms with Crippen molar-refractivity contribution in [2.75, 3.05) is 11.9 Å². The molecule has 0 spiro atoms. The van der Waals surface area contributed by atoms with Crippen molar-refractivity contribution in [1.82, 2.24) is 9.55 Å². The summed E-state index contributed by atoms with van der Waals surface area (Å²) in [6.45, 7) is -1.08. The SMILES string of the molecule is O=C(Nc1nc2ccc(OCC(F)(F)F)cc2s1)c1cccn(Cc2ccccc2)c1=O. The smallest absolute Gasteiger partial charge is 0.422 e. The van der Waals surface area contributed by atoms with Gasteiger partial charge in [0, 0.05) is 6.20 Å². The molecular formula is C22H16F3N3O3S. The van der Waals surface area contributed by atoms with Gasteiger partial charge in [0.05, 0.1) is 16.8 Å². The average molecular weight is 459 g/mol. The molecule has 0 aliphatic carbocycles. The Labute approximate surface area is 183 Å². The largest absolute Gasteiger partial charge is 0.484 e. The number of alkyl halides is 3. The monoisotopic (exact) mass is 459 g/mol. The molecule has 0 radical (unpaired) electrons. The van der Waals surface area contributed by atoms with Gasteiger partial charge in [-0.3, -0.25) is 14.9 Å². The van der Waals surface area contributed by atoms with Crippen molar-refractivity contribution < 1.29 is 22.7 Å². The Balaban J connectivity index is 1.51. The zero-order valence-corrected chi connectivity index (χ0v) is 17.2. The minimum atomic E-state index is -4.44. The number of nitrogens with one attached hydrogen (secondary N) is 1. The Morgan fingerprint density at radius 2 is 1.88 bits per heavy atom. The summed E-state index contributed by atoms with van der Waals surface area (Å²) in [4.78, 5) is 29.7. The van der Waals surface area contributed by atoms with Crippen LogP contribution in [0.2, 0.25) is 0 Å². The van der Waals surface area contributed by atoms with Gasteiger partial charge in [-0.2, -0.15) is 13.2 Å². The van der Waals surface area contributed by atoms with Crippen LogP contribution >= 0.6 is 11.3 Å². The summed E-state index contributed by atoms with van der Waals surface area (Å²) in [7, 11) is 0. The molecule has 0 saturated carbocycles. The Morgan fingerprint density at radius 3 is 2.62 bits per heavy atom. The van der Waals surface area contributed by atoms with E-state index in [0.717, 1.165) is 16.9 Å². The molecule has 4 aromatic rings. The Hall–Kier alpha value is -3.66. The first-order valence-electron chi connectivity index (χ1n) is 9.43. The molecule has 0 unspecified atom stereocenters. The first kappa shape index (κ1) is 21.6. The first-order valence-corrected chi connectivity index (χ1v) is 10.2. The molecule has 6 nitrogen and oxygen atoms in total. The molecule has 1 amide bonds. The molecule has 4 rings (SSSR count). The van der Waals surface area contributed by atoms with Crippen LogP contribution in [0.25, 0.3) is 10.2 Å². The Bertz CT molecular complexity index is 1320. The molecule has 32 heavy (non-hydrogen) atoms. The molecule has 0 aliphatic heterocycles. The fraction of sp³-hybridized carbons (Fsp3) is 0.136. The fourth-order valence-electron chi connectivity index (χ4n) is 2.99. The molecule has 0 saturated heterocycles. The number of carbonyl (C=O) groups excluding carboxylic acids is 1. The molecule has 0 bridgehead atoms. The molecule has 1 N–H and O–H groups in total. The number of pyridine rings is 1. The number of halogens is 3. The molecular weight excluding hydrogens is 443 g/mol. The van der Waals surface area contributed by atoms with Crippen LogP contribution in [-0.2, 0) is 6.54 Å². The lowest BCUT2D eigenvalue weighted by Crippen LogP contribution is -2.28. The van der Waals surface area contributed by atoms with Crippen LogP contribution in [0.5, 0.6) is 5.75 Å². The maximum Gasteiger partial charge on any atom is 0.422 e. The van der Waals surface area contributed by atoms with Gasteiger partial charge in [0.25, 0.3) is 11.5 Å². The molecule has 2 aromatic carbocycles. The van der Waals surface area contributed by atoms with Crippen LogP contribution < -0.4 is 15.6 Å². The highest BCUT2D eigenvalue weighted by Crippen LogP contribution is 2.30. The second-order valence-electron chi connectivity index (χ2n) is 6.85. The van der Waals surface area contributed by atoms with Crippen LogP contribution in [0.1, 0.15) is 15.9 Å².